The van der Waals surface area contributed by atoms with Crippen molar-refractivity contribution in [2.75, 3.05) is 0 Å². The zero-order valence-corrected chi connectivity index (χ0v) is 12.6. The van der Waals surface area contributed by atoms with E-state index in [-0.39, 0.29) is 41.4 Å². The molecule has 1 saturated carbocycles. The molecule has 0 spiro atoms. The summed E-state index contributed by atoms with van der Waals surface area (Å²) in [7, 11) is -4.62. The fourth-order valence-corrected chi connectivity index (χ4v) is 3.15. The van der Waals surface area contributed by atoms with E-state index in [0.717, 1.165) is 0 Å². The third kappa shape index (κ3) is 3.17. The summed E-state index contributed by atoms with van der Waals surface area (Å²) in [5.41, 5.74) is 0.0103. The van der Waals surface area contributed by atoms with Crippen molar-refractivity contribution in [3.8, 4) is 0 Å². The van der Waals surface area contributed by atoms with E-state index in [1.54, 1.807) is 6.92 Å². The van der Waals surface area contributed by atoms with Gasteiger partial charge >= 0.3 is 29.6 Å². The molecule has 0 aromatic carbocycles. The van der Waals surface area contributed by atoms with Gasteiger partial charge in [0.25, 0.3) is 0 Å². The van der Waals surface area contributed by atoms with Crippen LogP contribution in [0.1, 0.15) is 40.0 Å². The molecule has 84 valence electrons. The number of aliphatic hydroxyl groups is 1. The Bertz CT molecular complexity index is 325. The normalized spacial score (nSPS) is 35.7. The van der Waals surface area contributed by atoms with Crippen LogP contribution in [0.25, 0.3) is 0 Å². The number of hydrogen-bond donors (Lipinski definition) is 1. The van der Waals surface area contributed by atoms with Gasteiger partial charge in [0.1, 0.15) is 10.1 Å². The predicted molar refractivity (Wildman–Crippen MR) is 51.4 cm³/mol. The van der Waals surface area contributed by atoms with Gasteiger partial charge in [-0.1, -0.05) is 20.8 Å². The van der Waals surface area contributed by atoms with Crippen LogP contribution in [-0.4, -0.2) is 23.0 Å². The van der Waals surface area contributed by atoms with E-state index in [2.05, 4.69) is 0 Å². The van der Waals surface area contributed by atoms with Crippen LogP contribution in [0.2, 0.25) is 0 Å². The van der Waals surface area contributed by atoms with Crippen LogP contribution in [0.3, 0.4) is 0 Å². The Hall–Kier alpha value is 0.870. The average molecular weight is 244 g/mol. The van der Waals surface area contributed by atoms with Crippen LogP contribution >= 0.6 is 0 Å². The summed E-state index contributed by atoms with van der Waals surface area (Å²) in [6, 6.07) is 0. The van der Waals surface area contributed by atoms with E-state index < -0.39 is 21.0 Å². The second-order valence-electron chi connectivity index (χ2n) is 5.07. The summed E-state index contributed by atoms with van der Waals surface area (Å²) in [4.78, 5) is -2.05. The molecule has 2 unspecified atom stereocenters. The van der Waals surface area contributed by atoms with Gasteiger partial charge < -0.3 is 9.66 Å². The molecule has 0 aromatic rings. The minimum Gasteiger partial charge on any atom is -0.746 e. The minimum absolute atomic E-state index is 0. The number of hydrogen-bond acceptors (Lipinski definition) is 4. The monoisotopic (exact) mass is 244 g/mol. The molecule has 15 heavy (non-hydrogen) atoms. The summed E-state index contributed by atoms with van der Waals surface area (Å²) in [5, 5.41) is 9.81. The molecular formula is C9H17NaO4S. The Balaban J connectivity index is 0.00000196. The molecule has 1 aliphatic rings. The molecule has 0 radical (unpaired) electrons. The molecule has 1 aliphatic carbocycles. The summed E-state index contributed by atoms with van der Waals surface area (Å²) >= 11 is 0. The maximum atomic E-state index is 10.9. The van der Waals surface area contributed by atoms with Crippen molar-refractivity contribution in [3.63, 3.8) is 0 Å². The van der Waals surface area contributed by atoms with Crippen LogP contribution in [0.5, 0.6) is 0 Å². The van der Waals surface area contributed by atoms with Gasteiger partial charge in [-0.05, 0) is 30.6 Å². The zero-order chi connectivity index (χ0) is 11.2. The quantitative estimate of drug-likeness (QED) is 0.430. The van der Waals surface area contributed by atoms with Crippen LogP contribution in [0.4, 0.5) is 0 Å². The standard InChI is InChI=1S/C9H18O4S.Na/c1-7-6-8(2,3)4-5-9(7,10)14(11,12)13;/h7,10H,4-6H2,1-3H3,(H,11,12,13);/q;+1/p-1. The van der Waals surface area contributed by atoms with Gasteiger partial charge in [-0.2, -0.15) is 0 Å². The first-order valence-electron chi connectivity index (χ1n) is 4.76. The molecule has 4 nitrogen and oxygen atoms in total. The van der Waals surface area contributed by atoms with Crippen molar-refractivity contribution in [1.82, 2.24) is 0 Å². The van der Waals surface area contributed by atoms with Gasteiger partial charge in [0.15, 0.2) is 4.93 Å². The molecule has 6 heteroatoms. The summed E-state index contributed by atoms with van der Waals surface area (Å²) in [5.74, 6) is -0.492. The first-order valence-corrected chi connectivity index (χ1v) is 6.17. The Morgan fingerprint density at radius 1 is 1.33 bits per heavy atom. The van der Waals surface area contributed by atoms with Crippen LogP contribution in [-0.2, 0) is 10.1 Å². The maximum absolute atomic E-state index is 10.9. The van der Waals surface area contributed by atoms with Gasteiger partial charge in [-0.25, -0.2) is 8.42 Å². The van der Waals surface area contributed by atoms with E-state index in [0.29, 0.717) is 12.8 Å². The molecule has 1 fully saturated rings. The second-order valence-corrected chi connectivity index (χ2v) is 6.68. The van der Waals surface area contributed by atoms with Gasteiger partial charge in [0, 0.05) is 0 Å². The molecular weight excluding hydrogens is 227 g/mol. The topological polar surface area (TPSA) is 77.4 Å². The molecule has 0 bridgehead atoms. The largest absolute Gasteiger partial charge is 1.00 e. The second kappa shape index (κ2) is 4.63. The Morgan fingerprint density at radius 3 is 2.13 bits per heavy atom. The average Bonchev–Trinajstić information content (AvgIpc) is 1.94. The first kappa shape index (κ1) is 15.9. The molecule has 0 saturated heterocycles. The molecule has 1 N–H and O–H groups in total. The van der Waals surface area contributed by atoms with E-state index >= 15 is 0 Å². The summed E-state index contributed by atoms with van der Waals surface area (Å²) in [6.45, 7) is 5.65. The number of rotatable bonds is 1. The minimum atomic E-state index is -4.62. The van der Waals surface area contributed by atoms with Crippen molar-refractivity contribution < 1.29 is 47.6 Å². The smallest absolute Gasteiger partial charge is 0.746 e. The molecule has 1 rings (SSSR count). The summed E-state index contributed by atoms with van der Waals surface area (Å²) < 4.78 is 32.8. The Morgan fingerprint density at radius 2 is 1.80 bits per heavy atom. The maximum Gasteiger partial charge on any atom is 1.00 e. The van der Waals surface area contributed by atoms with E-state index in [9.17, 15) is 18.1 Å². The fourth-order valence-electron chi connectivity index (χ4n) is 2.23. The molecule has 0 heterocycles. The van der Waals surface area contributed by atoms with Crippen molar-refractivity contribution in [2.24, 2.45) is 11.3 Å². The SMILES string of the molecule is CC1CC(C)(C)CCC1(O)S(=O)(=O)[O-].[Na+]. The first-order chi connectivity index (χ1) is 6.08. The fraction of sp³-hybridized carbons (Fsp3) is 1.00. The Kier molecular flexibility index (Phi) is 4.89. The van der Waals surface area contributed by atoms with Crippen LogP contribution in [0, 0.1) is 11.3 Å². The van der Waals surface area contributed by atoms with Crippen molar-refractivity contribution in [1.29, 1.82) is 0 Å². The molecule has 0 amide bonds. The van der Waals surface area contributed by atoms with E-state index in [1.807, 2.05) is 13.8 Å². The molecule has 0 aromatic heterocycles. The molecule has 0 aliphatic heterocycles. The van der Waals surface area contributed by atoms with E-state index in [4.69, 9.17) is 0 Å². The third-order valence-electron chi connectivity index (χ3n) is 3.22. The van der Waals surface area contributed by atoms with Crippen molar-refractivity contribution in [2.45, 2.75) is 45.0 Å². The summed E-state index contributed by atoms with van der Waals surface area (Å²) in [6.07, 6.45) is 1.17. The van der Waals surface area contributed by atoms with Crippen LogP contribution in [0.15, 0.2) is 0 Å². The molecule has 2 atom stereocenters. The third-order valence-corrected chi connectivity index (χ3v) is 4.69. The zero-order valence-electron chi connectivity index (χ0n) is 9.78. The predicted octanol–water partition coefficient (Wildman–Crippen LogP) is -1.93. The van der Waals surface area contributed by atoms with Gasteiger partial charge in [0.05, 0.1) is 0 Å². The van der Waals surface area contributed by atoms with Crippen molar-refractivity contribution in [3.05, 3.63) is 0 Å². The van der Waals surface area contributed by atoms with Gasteiger partial charge in [-0.15, -0.1) is 0 Å². The van der Waals surface area contributed by atoms with Gasteiger partial charge in [0.2, 0.25) is 0 Å². The van der Waals surface area contributed by atoms with E-state index in [1.165, 1.54) is 0 Å². The Labute approximate surface area is 113 Å². The van der Waals surface area contributed by atoms with Crippen molar-refractivity contribution >= 4 is 10.1 Å². The van der Waals surface area contributed by atoms with Crippen LogP contribution < -0.4 is 29.6 Å². The van der Waals surface area contributed by atoms with Gasteiger partial charge in [-0.3, -0.25) is 0 Å².